The van der Waals surface area contributed by atoms with Crippen molar-refractivity contribution in [2.24, 2.45) is 4.99 Å². The van der Waals surface area contributed by atoms with E-state index in [1.807, 2.05) is 6.08 Å². The van der Waals surface area contributed by atoms with Gasteiger partial charge in [-0.25, -0.2) is 0 Å². The Morgan fingerprint density at radius 3 is 2.92 bits per heavy atom. The van der Waals surface area contributed by atoms with E-state index in [9.17, 15) is 4.79 Å². The molecule has 3 heteroatoms. The van der Waals surface area contributed by atoms with Crippen LogP contribution in [-0.2, 0) is 4.79 Å². The van der Waals surface area contributed by atoms with E-state index in [1.54, 1.807) is 6.08 Å². The molecule has 1 rings (SSSR count). The summed E-state index contributed by atoms with van der Waals surface area (Å²) in [6.45, 7) is 2.13. The van der Waals surface area contributed by atoms with Crippen LogP contribution >= 0.6 is 0 Å². The number of nitrogens with zero attached hydrogens (tertiary/aromatic N) is 1. The zero-order chi connectivity index (χ0) is 9.68. The molecule has 0 amide bonds. The summed E-state index contributed by atoms with van der Waals surface area (Å²) in [5, 5.41) is 0. The predicted octanol–water partition coefficient (Wildman–Crippen LogP) is 1.73. The van der Waals surface area contributed by atoms with E-state index in [0.717, 1.165) is 39.1 Å². The monoisotopic (exact) mass is 281 g/mol. The van der Waals surface area contributed by atoms with Crippen molar-refractivity contribution in [3.8, 4) is 0 Å². The average molecular weight is 280 g/mol. The molecule has 2 nitrogen and oxygen atoms in total. The maximum absolute atomic E-state index is 9.97. The second-order valence-electron chi connectivity index (χ2n) is 3.03. The summed E-state index contributed by atoms with van der Waals surface area (Å²) >= 11 is 0.862. The number of carbonyl (C=O) groups excluding carboxylic acids is 1. The Kier molecular flexibility index (Phi) is 4.19. The predicted molar refractivity (Wildman–Crippen MR) is 54.4 cm³/mol. The molecule has 0 spiro atoms. The van der Waals surface area contributed by atoms with Crippen molar-refractivity contribution < 1.29 is 4.79 Å². The molecule has 66 valence electrons. The van der Waals surface area contributed by atoms with E-state index < -0.39 is 0 Å². The molecule has 0 heterocycles. The first-order chi connectivity index (χ1) is 6.22. The van der Waals surface area contributed by atoms with Gasteiger partial charge >= 0.3 is 91.2 Å². The van der Waals surface area contributed by atoms with Gasteiger partial charge in [0.25, 0.3) is 0 Å². The second-order valence-corrected chi connectivity index (χ2v) is 4.72. The van der Waals surface area contributed by atoms with Gasteiger partial charge in [-0.15, -0.1) is 0 Å². The zero-order valence-electron chi connectivity index (χ0n) is 7.58. The van der Waals surface area contributed by atoms with Crippen molar-refractivity contribution >= 4 is 28.6 Å². The molecule has 0 bridgehead atoms. The van der Waals surface area contributed by atoms with Crippen LogP contribution in [0.5, 0.6) is 0 Å². The molecule has 1 aliphatic carbocycles. The van der Waals surface area contributed by atoms with Gasteiger partial charge in [0.15, 0.2) is 0 Å². The summed E-state index contributed by atoms with van der Waals surface area (Å²) in [4.78, 5) is 13.6. The topological polar surface area (TPSA) is 29.4 Å². The van der Waals surface area contributed by atoms with E-state index in [0.29, 0.717) is 0 Å². The van der Waals surface area contributed by atoms with E-state index in [-0.39, 0.29) is 0 Å². The fraction of sp³-hybridized carbons (Fsp3) is 0.300. The van der Waals surface area contributed by atoms with Crippen molar-refractivity contribution in [2.75, 3.05) is 0 Å². The Bertz CT molecular complexity index is 333. The minimum atomic E-state index is 0.847. The van der Waals surface area contributed by atoms with Gasteiger partial charge in [-0.05, 0) is 0 Å². The van der Waals surface area contributed by atoms with Gasteiger partial charge < -0.3 is 0 Å². The van der Waals surface area contributed by atoms with E-state index in [4.69, 9.17) is 0 Å². The maximum atomic E-state index is 9.97. The standard InChI is InChI=1S/C10H10NO.Sn.H/c1-9-2-4-10(5-3-9)6-7-11-8-12;;/h2,4,6H,3,5H2,1H3;;. The molecular formula is C10H11NOSn. The van der Waals surface area contributed by atoms with Gasteiger partial charge in [0.2, 0.25) is 0 Å². The first-order valence-electron chi connectivity index (χ1n) is 4.14. The van der Waals surface area contributed by atoms with E-state index in [1.165, 1.54) is 11.1 Å². The van der Waals surface area contributed by atoms with Crippen molar-refractivity contribution in [1.82, 2.24) is 0 Å². The molecule has 0 aromatic rings. The summed E-state index contributed by atoms with van der Waals surface area (Å²) in [6.07, 6.45) is 9.92. The molecule has 0 unspecified atom stereocenters. The minimum absolute atomic E-state index is 0.847. The molecule has 0 N–H and O–H groups in total. The van der Waals surface area contributed by atoms with Crippen LogP contribution in [0.1, 0.15) is 19.8 Å². The van der Waals surface area contributed by atoms with Crippen LogP contribution in [0, 0.1) is 0 Å². The van der Waals surface area contributed by atoms with E-state index in [2.05, 4.69) is 24.1 Å². The van der Waals surface area contributed by atoms with Gasteiger partial charge in [0, 0.05) is 0 Å². The molecule has 0 fully saturated rings. The molecule has 0 saturated heterocycles. The third kappa shape index (κ3) is 3.74. The molecule has 13 heavy (non-hydrogen) atoms. The van der Waals surface area contributed by atoms with Gasteiger partial charge in [-0.2, -0.15) is 0 Å². The van der Waals surface area contributed by atoms with Crippen molar-refractivity contribution in [1.29, 1.82) is 0 Å². The Hall–Kier alpha value is -0.601. The number of isocyanates is 1. The molecule has 1 aliphatic rings. The Balaban J connectivity index is 2.75. The van der Waals surface area contributed by atoms with Crippen LogP contribution < -0.4 is 0 Å². The first-order valence-corrected chi connectivity index (χ1v) is 5.78. The summed E-state index contributed by atoms with van der Waals surface area (Å²) in [5.74, 6) is 0. The quantitative estimate of drug-likeness (QED) is 0.430. The number of hydrogen-bond donors (Lipinski definition) is 0. The van der Waals surface area contributed by atoms with Gasteiger partial charge in [0.05, 0.1) is 0 Å². The third-order valence-corrected chi connectivity index (χ3v) is 2.74. The van der Waals surface area contributed by atoms with E-state index >= 15 is 0 Å². The van der Waals surface area contributed by atoms with Crippen LogP contribution in [0.3, 0.4) is 0 Å². The second kappa shape index (κ2) is 5.20. The van der Waals surface area contributed by atoms with Crippen molar-refractivity contribution in [3.63, 3.8) is 0 Å². The number of aliphatic imine (C=N–C) groups is 1. The summed E-state index contributed by atoms with van der Waals surface area (Å²) in [5.41, 5.74) is 2.66. The fourth-order valence-electron chi connectivity index (χ4n) is 1.15. The van der Waals surface area contributed by atoms with Gasteiger partial charge in [0.1, 0.15) is 0 Å². The Morgan fingerprint density at radius 2 is 2.38 bits per heavy atom. The van der Waals surface area contributed by atoms with Crippen LogP contribution in [0.4, 0.5) is 0 Å². The van der Waals surface area contributed by atoms with Gasteiger partial charge in [-0.3, -0.25) is 0 Å². The van der Waals surface area contributed by atoms with Gasteiger partial charge in [-0.1, -0.05) is 0 Å². The number of allylic oxidation sites excluding steroid dienone is 5. The molecule has 0 aliphatic heterocycles. The first kappa shape index (κ1) is 10.5. The summed E-state index contributed by atoms with van der Waals surface area (Å²) < 4.78 is 0.847. The number of rotatable bonds is 2. The molecular weight excluding hydrogens is 269 g/mol. The Morgan fingerprint density at radius 1 is 1.62 bits per heavy atom. The summed E-state index contributed by atoms with van der Waals surface area (Å²) in [6, 6.07) is 0. The summed E-state index contributed by atoms with van der Waals surface area (Å²) in [7, 11) is 0. The van der Waals surface area contributed by atoms with Crippen LogP contribution in [0.15, 0.2) is 38.1 Å². The third-order valence-electron chi connectivity index (χ3n) is 1.90. The van der Waals surface area contributed by atoms with Crippen molar-refractivity contribution in [3.05, 3.63) is 33.1 Å². The van der Waals surface area contributed by atoms with Crippen LogP contribution in [0.2, 0.25) is 0 Å². The average Bonchev–Trinajstić information content (AvgIpc) is 2.09. The Labute approximate surface area is 91.2 Å². The van der Waals surface area contributed by atoms with Crippen LogP contribution in [0.25, 0.3) is 0 Å². The molecule has 0 saturated carbocycles. The van der Waals surface area contributed by atoms with Crippen molar-refractivity contribution in [2.45, 2.75) is 19.8 Å². The molecule has 0 atom stereocenters. The molecule has 0 aromatic heterocycles. The molecule has 2 radical (unpaired) electrons. The van der Waals surface area contributed by atoms with Crippen LogP contribution in [-0.4, -0.2) is 28.6 Å². The molecule has 0 aromatic carbocycles. The zero-order valence-corrected chi connectivity index (χ0v) is 10.9. The fourth-order valence-corrected chi connectivity index (χ4v) is 1.91. The number of hydrogen-bond acceptors (Lipinski definition) is 2. The normalized spacial score (nSPS) is 17.2. The SMILES string of the molecule is CC1=CC=C(/C=[C](/[SnH])N=C=O)CC1.